The molecule has 2 N–H and O–H groups in total. The maximum Gasteiger partial charge on any atom is 0.170 e. The highest BCUT2D eigenvalue weighted by Crippen LogP contribution is 2.19. The lowest BCUT2D eigenvalue weighted by Crippen LogP contribution is -2.32. The molecule has 1 aliphatic heterocycles. The summed E-state index contributed by atoms with van der Waals surface area (Å²) < 4.78 is 1.12. The van der Waals surface area contributed by atoms with Crippen molar-refractivity contribution in [2.45, 2.75) is 39.0 Å². The summed E-state index contributed by atoms with van der Waals surface area (Å²) in [5.74, 6) is 0. The number of nitrogens with zero attached hydrogens (tertiary/aromatic N) is 1. The van der Waals surface area contributed by atoms with Crippen molar-refractivity contribution in [3.8, 4) is 0 Å². The SMILES string of the molecule is Cc1cc(NC(=S)NCCCN2CCCCCC2)ccc1Br. The summed E-state index contributed by atoms with van der Waals surface area (Å²) in [4.78, 5) is 2.59. The number of rotatable bonds is 5. The molecule has 0 amide bonds. The first kappa shape index (κ1) is 17.7. The van der Waals surface area contributed by atoms with Gasteiger partial charge in [0.25, 0.3) is 0 Å². The van der Waals surface area contributed by atoms with Gasteiger partial charge in [0.2, 0.25) is 0 Å². The minimum atomic E-state index is 0.706. The third kappa shape index (κ3) is 6.23. The van der Waals surface area contributed by atoms with E-state index in [0.717, 1.165) is 23.1 Å². The monoisotopic (exact) mass is 383 g/mol. The molecule has 0 spiro atoms. The molecule has 0 aromatic heterocycles. The Morgan fingerprint density at radius 1 is 1.23 bits per heavy atom. The molecule has 1 aliphatic rings. The van der Waals surface area contributed by atoms with E-state index in [-0.39, 0.29) is 0 Å². The molecule has 1 fully saturated rings. The minimum Gasteiger partial charge on any atom is -0.362 e. The smallest absolute Gasteiger partial charge is 0.170 e. The molecule has 0 bridgehead atoms. The second-order valence-electron chi connectivity index (χ2n) is 5.95. The molecule has 122 valence electrons. The Balaban J connectivity index is 1.63. The Kier molecular flexibility index (Phi) is 7.63. The van der Waals surface area contributed by atoms with Gasteiger partial charge in [0.1, 0.15) is 0 Å². The Hall–Kier alpha value is -0.650. The number of thiocarbonyl (C=S) groups is 1. The number of benzene rings is 1. The first-order valence-corrected chi connectivity index (χ1v) is 9.38. The van der Waals surface area contributed by atoms with Gasteiger partial charge < -0.3 is 15.5 Å². The van der Waals surface area contributed by atoms with Crippen LogP contribution in [0.2, 0.25) is 0 Å². The molecule has 2 rings (SSSR count). The highest BCUT2D eigenvalue weighted by atomic mass is 79.9. The van der Waals surface area contributed by atoms with Crippen LogP contribution < -0.4 is 10.6 Å². The molecule has 1 aromatic rings. The van der Waals surface area contributed by atoms with Crippen LogP contribution in [0.1, 0.15) is 37.7 Å². The van der Waals surface area contributed by atoms with Crippen LogP contribution in [0, 0.1) is 6.92 Å². The maximum atomic E-state index is 5.36. The third-order valence-corrected chi connectivity index (χ3v) is 5.19. The van der Waals surface area contributed by atoms with Gasteiger partial charge in [-0.25, -0.2) is 0 Å². The van der Waals surface area contributed by atoms with Crippen molar-refractivity contribution >= 4 is 38.9 Å². The summed E-state index contributed by atoms with van der Waals surface area (Å²) in [5.41, 5.74) is 2.24. The molecule has 0 atom stereocenters. The number of aryl methyl sites for hydroxylation is 1. The van der Waals surface area contributed by atoms with Crippen molar-refractivity contribution < 1.29 is 0 Å². The van der Waals surface area contributed by atoms with E-state index in [1.54, 1.807) is 0 Å². The van der Waals surface area contributed by atoms with Gasteiger partial charge in [0.15, 0.2) is 5.11 Å². The summed E-state index contributed by atoms with van der Waals surface area (Å²) in [5, 5.41) is 7.25. The largest absolute Gasteiger partial charge is 0.362 e. The summed E-state index contributed by atoms with van der Waals surface area (Å²) >= 11 is 8.87. The van der Waals surface area contributed by atoms with Gasteiger partial charge in [0.05, 0.1) is 0 Å². The second kappa shape index (κ2) is 9.48. The predicted molar refractivity (Wildman–Crippen MR) is 103 cm³/mol. The zero-order valence-electron chi connectivity index (χ0n) is 13.3. The zero-order chi connectivity index (χ0) is 15.8. The molecule has 22 heavy (non-hydrogen) atoms. The Morgan fingerprint density at radius 2 is 1.95 bits per heavy atom. The lowest BCUT2D eigenvalue weighted by molar-refractivity contribution is 0.282. The van der Waals surface area contributed by atoms with E-state index in [1.807, 2.05) is 12.1 Å². The van der Waals surface area contributed by atoms with Crippen molar-refractivity contribution in [1.29, 1.82) is 0 Å². The predicted octanol–water partition coefficient (Wildman–Crippen LogP) is 4.31. The number of hydrogen-bond acceptors (Lipinski definition) is 2. The normalized spacial score (nSPS) is 16.1. The van der Waals surface area contributed by atoms with Crippen LogP contribution >= 0.6 is 28.1 Å². The van der Waals surface area contributed by atoms with E-state index < -0.39 is 0 Å². The van der Waals surface area contributed by atoms with Crippen LogP contribution in [0.5, 0.6) is 0 Å². The molecule has 0 radical (unpaired) electrons. The van der Waals surface area contributed by atoms with Crippen molar-refractivity contribution in [1.82, 2.24) is 10.2 Å². The lowest BCUT2D eigenvalue weighted by Gasteiger charge is -2.20. The fourth-order valence-electron chi connectivity index (χ4n) is 2.76. The Bertz CT molecular complexity index is 485. The van der Waals surface area contributed by atoms with E-state index in [4.69, 9.17) is 12.2 Å². The average Bonchev–Trinajstić information content (AvgIpc) is 2.76. The molecule has 3 nitrogen and oxygen atoms in total. The standard InChI is InChI=1S/C17H26BrN3S/c1-14-13-15(7-8-16(14)18)20-17(22)19-9-6-12-21-10-4-2-3-5-11-21/h7-8,13H,2-6,9-12H2,1H3,(H2,19,20,22). The molecule has 0 unspecified atom stereocenters. The Labute approximate surface area is 148 Å². The van der Waals surface area contributed by atoms with Gasteiger partial charge in [-0.15, -0.1) is 0 Å². The molecule has 1 heterocycles. The second-order valence-corrected chi connectivity index (χ2v) is 7.22. The minimum absolute atomic E-state index is 0.706. The van der Waals surface area contributed by atoms with Gasteiger partial charge in [-0.3, -0.25) is 0 Å². The Morgan fingerprint density at radius 3 is 2.64 bits per heavy atom. The fraction of sp³-hybridized carbons (Fsp3) is 0.588. The molecular formula is C17H26BrN3S. The van der Waals surface area contributed by atoms with Crippen LogP contribution in [-0.2, 0) is 0 Å². The molecule has 1 saturated heterocycles. The number of likely N-dealkylation sites (tertiary alicyclic amines) is 1. The summed E-state index contributed by atoms with van der Waals surface area (Å²) in [6, 6.07) is 6.16. The third-order valence-electron chi connectivity index (χ3n) is 4.05. The zero-order valence-corrected chi connectivity index (χ0v) is 15.7. The molecule has 5 heteroatoms. The summed E-state index contributed by atoms with van der Waals surface area (Å²) in [6.07, 6.45) is 6.65. The van der Waals surface area contributed by atoms with Crippen molar-refractivity contribution in [3.63, 3.8) is 0 Å². The van der Waals surface area contributed by atoms with Crippen LogP contribution in [-0.4, -0.2) is 36.2 Å². The molecular weight excluding hydrogens is 358 g/mol. The number of halogens is 1. The van der Waals surface area contributed by atoms with Gasteiger partial charge in [-0.2, -0.15) is 0 Å². The molecule has 1 aromatic carbocycles. The van der Waals surface area contributed by atoms with Crippen LogP contribution in [0.4, 0.5) is 5.69 Å². The van der Waals surface area contributed by atoms with E-state index in [9.17, 15) is 0 Å². The van der Waals surface area contributed by atoms with Crippen molar-refractivity contribution in [2.75, 3.05) is 31.5 Å². The van der Waals surface area contributed by atoms with Crippen molar-refractivity contribution in [3.05, 3.63) is 28.2 Å². The maximum absolute atomic E-state index is 5.36. The fourth-order valence-corrected chi connectivity index (χ4v) is 3.23. The number of anilines is 1. The first-order valence-electron chi connectivity index (χ1n) is 8.18. The van der Waals surface area contributed by atoms with Gasteiger partial charge >= 0.3 is 0 Å². The highest BCUT2D eigenvalue weighted by molar-refractivity contribution is 9.10. The molecule has 0 aliphatic carbocycles. The van der Waals surface area contributed by atoms with Crippen LogP contribution in [0.3, 0.4) is 0 Å². The number of nitrogens with one attached hydrogen (secondary N) is 2. The number of hydrogen-bond donors (Lipinski definition) is 2. The summed E-state index contributed by atoms with van der Waals surface area (Å²) in [6.45, 7) is 6.71. The van der Waals surface area contributed by atoms with E-state index in [1.165, 1.54) is 50.9 Å². The average molecular weight is 384 g/mol. The molecule has 0 saturated carbocycles. The first-order chi connectivity index (χ1) is 10.6. The highest BCUT2D eigenvalue weighted by Gasteiger charge is 2.08. The van der Waals surface area contributed by atoms with Gasteiger partial charge in [0, 0.05) is 16.7 Å². The van der Waals surface area contributed by atoms with Gasteiger partial charge in [-0.05, 0) is 81.8 Å². The van der Waals surface area contributed by atoms with E-state index in [2.05, 4.69) is 44.5 Å². The van der Waals surface area contributed by atoms with Crippen LogP contribution in [0.25, 0.3) is 0 Å². The van der Waals surface area contributed by atoms with Crippen LogP contribution in [0.15, 0.2) is 22.7 Å². The van der Waals surface area contributed by atoms with Gasteiger partial charge in [-0.1, -0.05) is 28.8 Å². The topological polar surface area (TPSA) is 27.3 Å². The van der Waals surface area contributed by atoms with E-state index in [0.29, 0.717) is 5.11 Å². The summed E-state index contributed by atoms with van der Waals surface area (Å²) in [7, 11) is 0. The lowest BCUT2D eigenvalue weighted by atomic mass is 10.2. The van der Waals surface area contributed by atoms with Crippen molar-refractivity contribution in [2.24, 2.45) is 0 Å². The quantitative estimate of drug-likeness (QED) is 0.584. The van der Waals surface area contributed by atoms with E-state index >= 15 is 0 Å².